The van der Waals surface area contributed by atoms with Crippen LogP contribution >= 0.6 is 0 Å². The van der Waals surface area contributed by atoms with Gasteiger partial charge in [0.05, 0.1) is 40.0 Å². The lowest BCUT2D eigenvalue weighted by Gasteiger charge is -2.21. The van der Waals surface area contributed by atoms with Gasteiger partial charge < -0.3 is 29.4 Å². The molecule has 0 fully saturated rings. The summed E-state index contributed by atoms with van der Waals surface area (Å²) in [5, 5.41) is 5.24. The number of methoxy groups -OCH3 is 2. The predicted molar refractivity (Wildman–Crippen MR) is 125 cm³/mol. The fraction of sp³-hybridized carbons (Fsp3) is 0.240. The fourth-order valence-corrected chi connectivity index (χ4v) is 3.14. The van der Waals surface area contributed by atoms with E-state index in [1.165, 1.54) is 11.2 Å². The molecule has 0 unspecified atom stereocenters. The minimum atomic E-state index is -0.459. The number of nitrogens with zero attached hydrogens (tertiary/aromatic N) is 1. The predicted octanol–water partition coefficient (Wildman–Crippen LogP) is 2.62. The van der Waals surface area contributed by atoms with Gasteiger partial charge in [-0.1, -0.05) is 12.1 Å². The zero-order chi connectivity index (χ0) is 24.3. The van der Waals surface area contributed by atoms with Crippen LogP contribution in [0.4, 0.5) is 5.69 Å². The smallest absolute Gasteiger partial charge is 0.243 e. The van der Waals surface area contributed by atoms with Crippen LogP contribution in [-0.2, 0) is 27.3 Å². The Morgan fingerprint density at radius 2 is 1.53 bits per heavy atom. The maximum absolute atomic E-state index is 12.9. The van der Waals surface area contributed by atoms with Crippen LogP contribution in [0.1, 0.15) is 11.3 Å². The molecule has 0 bridgehead atoms. The van der Waals surface area contributed by atoms with Gasteiger partial charge in [-0.15, -0.1) is 0 Å². The van der Waals surface area contributed by atoms with Crippen LogP contribution < -0.4 is 20.1 Å². The van der Waals surface area contributed by atoms with Gasteiger partial charge in [-0.05, 0) is 54.1 Å². The van der Waals surface area contributed by atoms with Crippen molar-refractivity contribution in [3.63, 3.8) is 0 Å². The van der Waals surface area contributed by atoms with E-state index >= 15 is 0 Å². The van der Waals surface area contributed by atoms with Gasteiger partial charge in [-0.25, -0.2) is 0 Å². The number of benzene rings is 2. The maximum Gasteiger partial charge on any atom is 0.243 e. The maximum atomic E-state index is 12.9. The number of nitrogens with one attached hydrogen (secondary N) is 2. The number of carbonyl (C=O) groups excluding carboxylic acids is 3. The molecule has 0 radical (unpaired) electrons. The highest BCUT2D eigenvalue weighted by Crippen LogP contribution is 2.15. The second kappa shape index (κ2) is 12.1. The molecule has 1 heterocycles. The van der Waals surface area contributed by atoms with Crippen molar-refractivity contribution in [2.24, 2.45) is 0 Å². The minimum absolute atomic E-state index is 0.107. The quantitative estimate of drug-likeness (QED) is 0.451. The number of amides is 3. The number of ether oxygens (including phenoxy) is 2. The van der Waals surface area contributed by atoms with Crippen molar-refractivity contribution >= 4 is 23.4 Å². The van der Waals surface area contributed by atoms with E-state index in [0.717, 1.165) is 5.56 Å². The van der Waals surface area contributed by atoms with Crippen molar-refractivity contribution in [2.45, 2.75) is 13.0 Å². The van der Waals surface area contributed by atoms with Gasteiger partial charge in [-0.3, -0.25) is 14.4 Å². The second-order valence-electron chi connectivity index (χ2n) is 7.41. The average Bonchev–Trinajstić information content (AvgIpc) is 3.36. The summed E-state index contributed by atoms with van der Waals surface area (Å²) in [5.74, 6) is 0.811. The van der Waals surface area contributed by atoms with Gasteiger partial charge >= 0.3 is 0 Å². The molecular weight excluding hydrogens is 438 g/mol. The summed E-state index contributed by atoms with van der Waals surface area (Å²) in [7, 11) is 3.13. The molecule has 0 aliphatic carbocycles. The number of rotatable bonds is 11. The first kappa shape index (κ1) is 24.4. The standard InChI is InChI=1S/C25H27N3O6/c1-32-20-9-5-18(6-10-20)14-25(31)28(16-22-4-3-13-34-22)17-24(30)26-15-23(29)27-19-7-11-21(33-2)12-8-19/h3-13H,14-17H2,1-2H3,(H,26,30)(H,27,29). The zero-order valence-corrected chi connectivity index (χ0v) is 19.1. The summed E-state index contributed by atoms with van der Waals surface area (Å²) in [6.07, 6.45) is 1.61. The molecule has 0 aliphatic heterocycles. The molecule has 3 aromatic rings. The molecule has 3 amide bonds. The molecule has 2 N–H and O–H groups in total. The number of hydrogen-bond acceptors (Lipinski definition) is 6. The minimum Gasteiger partial charge on any atom is -0.497 e. The number of hydrogen-bond donors (Lipinski definition) is 2. The Balaban J connectivity index is 1.55. The molecule has 0 atom stereocenters. The first-order valence-corrected chi connectivity index (χ1v) is 10.6. The Hall–Kier alpha value is -4.27. The van der Waals surface area contributed by atoms with Gasteiger partial charge in [0, 0.05) is 5.69 Å². The summed E-state index contributed by atoms with van der Waals surface area (Å²) in [6.45, 7) is -0.314. The van der Waals surface area contributed by atoms with E-state index in [0.29, 0.717) is 22.9 Å². The van der Waals surface area contributed by atoms with Gasteiger partial charge in [0.25, 0.3) is 0 Å². The van der Waals surface area contributed by atoms with Crippen LogP contribution in [0.15, 0.2) is 71.3 Å². The van der Waals surface area contributed by atoms with Crippen molar-refractivity contribution in [1.29, 1.82) is 0 Å². The first-order chi connectivity index (χ1) is 16.5. The van der Waals surface area contributed by atoms with Gasteiger partial charge in [0.2, 0.25) is 17.7 Å². The molecule has 0 aliphatic rings. The van der Waals surface area contributed by atoms with E-state index in [1.807, 2.05) is 0 Å². The lowest BCUT2D eigenvalue weighted by atomic mass is 10.1. The van der Waals surface area contributed by atoms with Crippen LogP contribution in [0.5, 0.6) is 11.5 Å². The summed E-state index contributed by atoms with van der Waals surface area (Å²) < 4.78 is 15.6. The SMILES string of the molecule is COc1ccc(CC(=O)N(CC(=O)NCC(=O)Nc2ccc(OC)cc2)Cc2ccco2)cc1. The van der Waals surface area contributed by atoms with Crippen LogP contribution in [0.3, 0.4) is 0 Å². The highest BCUT2D eigenvalue weighted by molar-refractivity contribution is 5.95. The normalized spacial score (nSPS) is 10.3. The van der Waals surface area contributed by atoms with E-state index < -0.39 is 5.91 Å². The number of carbonyl (C=O) groups is 3. The summed E-state index contributed by atoms with van der Waals surface area (Å²) in [4.78, 5) is 39.0. The van der Waals surface area contributed by atoms with Crippen molar-refractivity contribution in [2.75, 3.05) is 32.6 Å². The highest BCUT2D eigenvalue weighted by atomic mass is 16.5. The Kier molecular flexibility index (Phi) is 8.67. The molecule has 0 saturated heterocycles. The highest BCUT2D eigenvalue weighted by Gasteiger charge is 2.19. The molecule has 178 valence electrons. The largest absolute Gasteiger partial charge is 0.497 e. The Bertz CT molecular complexity index is 1080. The molecule has 34 heavy (non-hydrogen) atoms. The van der Waals surface area contributed by atoms with Crippen molar-refractivity contribution < 1.29 is 28.3 Å². The molecular formula is C25H27N3O6. The van der Waals surface area contributed by atoms with Gasteiger partial charge in [-0.2, -0.15) is 0 Å². The lowest BCUT2D eigenvalue weighted by molar-refractivity contribution is -0.136. The molecule has 1 aromatic heterocycles. The summed E-state index contributed by atoms with van der Waals surface area (Å²) in [6, 6.07) is 17.4. The first-order valence-electron chi connectivity index (χ1n) is 10.6. The van der Waals surface area contributed by atoms with E-state index in [4.69, 9.17) is 13.9 Å². The number of anilines is 1. The Morgan fingerprint density at radius 3 is 2.12 bits per heavy atom. The Morgan fingerprint density at radius 1 is 0.882 bits per heavy atom. The molecule has 0 spiro atoms. The third-order valence-corrected chi connectivity index (χ3v) is 4.95. The molecule has 0 saturated carbocycles. The van der Waals surface area contributed by atoms with E-state index in [-0.39, 0.29) is 37.9 Å². The lowest BCUT2D eigenvalue weighted by Crippen LogP contribution is -2.43. The van der Waals surface area contributed by atoms with E-state index in [9.17, 15) is 14.4 Å². The molecule has 9 nitrogen and oxygen atoms in total. The topological polar surface area (TPSA) is 110 Å². The summed E-state index contributed by atoms with van der Waals surface area (Å²) >= 11 is 0. The Labute approximate surface area is 197 Å². The summed E-state index contributed by atoms with van der Waals surface area (Å²) in [5.41, 5.74) is 1.36. The fourth-order valence-electron chi connectivity index (χ4n) is 3.14. The molecule has 9 heteroatoms. The van der Waals surface area contributed by atoms with Gasteiger partial charge in [0.15, 0.2) is 0 Å². The van der Waals surface area contributed by atoms with Crippen LogP contribution in [0.25, 0.3) is 0 Å². The third-order valence-electron chi connectivity index (χ3n) is 4.95. The van der Waals surface area contributed by atoms with Crippen LogP contribution in [-0.4, -0.2) is 49.9 Å². The van der Waals surface area contributed by atoms with Crippen molar-refractivity contribution in [1.82, 2.24) is 10.2 Å². The van der Waals surface area contributed by atoms with Crippen molar-refractivity contribution in [3.05, 3.63) is 78.3 Å². The third kappa shape index (κ3) is 7.40. The zero-order valence-electron chi connectivity index (χ0n) is 19.1. The monoisotopic (exact) mass is 465 g/mol. The van der Waals surface area contributed by atoms with Crippen molar-refractivity contribution in [3.8, 4) is 11.5 Å². The number of furan rings is 1. The van der Waals surface area contributed by atoms with E-state index in [2.05, 4.69) is 10.6 Å². The molecule has 2 aromatic carbocycles. The van der Waals surface area contributed by atoms with Crippen LogP contribution in [0.2, 0.25) is 0 Å². The van der Waals surface area contributed by atoms with Crippen LogP contribution in [0, 0.1) is 0 Å². The average molecular weight is 466 g/mol. The molecule has 3 rings (SSSR count). The van der Waals surface area contributed by atoms with Gasteiger partial charge in [0.1, 0.15) is 23.8 Å². The van der Waals surface area contributed by atoms with E-state index in [1.54, 1.807) is 74.9 Å². The second-order valence-corrected chi connectivity index (χ2v) is 7.41.